The molecule has 4 rings (SSSR count). The highest BCUT2D eigenvalue weighted by Gasteiger charge is 2.33. The molecule has 3 heterocycles. The van der Waals surface area contributed by atoms with Crippen molar-refractivity contribution in [1.29, 1.82) is 0 Å². The van der Waals surface area contributed by atoms with Gasteiger partial charge in [0.2, 0.25) is 11.8 Å². The minimum Gasteiger partial charge on any atom is -0.492 e. The summed E-state index contributed by atoms with van der Waals surface area (Å²) in [5, 5.41) is 9.34. The lowest BCUT2D eigenvalue weighted by molar-refractivity contribution is -0.122. The highest BCUT2D eigenvalue weighted by Crippen LogP contribution is 2.35. The normalized spacial score (nSPS) is 19.3. The van der Waals surface area contributed by atoms with E-state index in [1.807, 2.05) is 4.90 Å². The van der Waals surface area contributed by atoms with Gasteiger partial charge in [-0.3, -0.25) is 19.5 Å². The summed E-state index contributed by atoms with van der Waals surface area (Å²) in [7, 11) is 1.63. The second kappa shape index (κ2) is 11.9. The lowest BCUT2D eigenvalue weighted by Crippen LogP contribution is -2.41. The van der Waals surface area contributed by atoms with Gasteiger partial charge in [0.1, 0.15) is 29.6 Å². The SMILES string of the molecule is COCCN1CCCOc2cc(ccc2Cl)N=CC2C(=O)Nc3ncnc(c32)NCCNC(=O)C1. The number of hydrogen-bond donors (Lipinski definition) is 3. The van der Waals surface area contributed by atoms with E-state index >= 15 is 0 Å². The predicted octanol–water partition coefficient (Wildman–Crippen LogP) is 1.83. The molecule has 1 atom stereocenters. The van der Waals surface area contributed by atoms with E-state index < -0.39 is 5.92 Å². The van der Waals surface area contributed by atoms with Crippen molar-refractivity contribution in [3.63, 3.8) is 0 Å². The van der Waals surface area contributed by atoms with Crippen molar-refractivity contribution in [3.05, 3.63) is 35.1 Å². The Balaban J connectivity index is 1.58. The van der Waals surface area contributed by atoms with E-state index in [2.05, 4.69) is 30.9 Å². The number of rotatable bonds is 3. The van der Waals surface area contributed by atoms with Crippen LogP contribution >= 0.6 is 11.6 Å². The first-order chi connectivity index (χ1) is 17.0. The third-order valence-electron chi connectivity index (χ3n) is 5.60. The molecule has 186 valence electrons. The average Bonchev–Trinajstić information content (AvgIpc) is 3.17. The topological polar surface area (TPSA) is 130 Å². The van der Waals surface area contributed by atoms with E-state index in [1.54, 1.807) is 31.5 Å². The molecule has 12 heteroatoms. The summed E-state index contributed by atoms with van der Waals surface area (Å²) in [4.78, 5) is 40.1. The number of ether oxygens (including phenoxy) is 2. The molecule has 3 N–H and O–H groups in total. The van der Waals surface area contributed by atoms with E-state index in [1.165, 1.54) is 6.33 Å². The molecule has 0 saturated carbocycles. The Morgan fingerprint density at radius 2 is 2.03 bits per heavy atom. The molecule has 2 aliphatic rings. The third-order valence-corrected chi connectivity index (χ3v) is 5.91. The van der Waals surface area contributed by atoms with Gasteiger partial charge in [0.15, 0.2) is 0 Å². The fourth-order valence-corrected chi connectivity index (χ4v) is 4.02. The number of anilines is 2. The fraction of sp³-hybridized carbons (Fsp3) is 0.435. The number of amides is 2. The fourth-order valence-electron chi connectivity index (χ4n) is 3.84. The van der Waals surface area contributed by atoms with Crippen molar-refractivity contribution in [2.75, 3.05) is 63.7 Å². The standard InChI is InChI=1S/C23H28ClN7O4/c1-34-10-8-31-7-2-9-35-18-11-15(3-4-17(18)24)27-12-16-20-21(26-6-5-25-19(32)13-31)28-14-29-22(20)30-23(16)33/h3-4,11-12,14,16H,2,5-10,13H2,1H3,(H,25,32)(H2,26,28,29,30,33). The van der Waals surface area contributed by atoms with Gasteiger partial charge in [-0.15, -0.1) is 0 Å². The van der Waals surface area contributed by atoms with E-state index in [0.29, 0.717) is 79.5 Å². The number of nitrogens with one attached hydrogen (secondary N) is 3. The van der Waals surface area contributed by atoms with Crippen LogP contribution in [0, 0.1) is 0 Å². The van der Waals surface area contributed by atoms with Gasteiger partial charge in [-0.2, -0.15) is 0 Å². The maximum absolute atomic E-state index is 12.6. The molecule has 35 heavy (non-hydrogen) atoms. The maximum atomic E-state index is 12.6. The molecule has 1 aromatic carbocycles. The number of fused-ring (bicyclic) bond motifs is 2. The zero-order chi connectivity index (χ0) is 24.6. The summed E-state index contributed by atoms with van der Waals surface area (Å²) in [5.41, 5.74) is 1.22. The minimum atomic E-state index is -0.667. The Kier molecular flexibility index (Phi) is 8.45. The minimum absolute atomic E-state index is 0.0905. The lowest BCUT2D eigenvalue weighted by Gasteiger charge is -2.21. The predicted molar refractivity (Wildman–Crippen MR) is 133 cm³/mol. The van der Waals surface area contributed by atoms with Crippen LogP contribution in [0.3, 0.4) is 0 Å². The second-order valence-corrected chi connectivity index (χ2v) is 8.50. The number of nitrogens with zero attached hydrogens (tertiary/aromatic N) is 4. The Hall–Kier alpha value is -3.28. The van der Waals surface area contributed by atoms with Crippen LogP contribution < -0.4 is 20.7 Å². The zero-order valence-corrected chi connectivity index (χ0v) is 20.2. The van der Waals surface area contributed by atoms with Crippen molar-refractivity contribution in [3.8, 4) is 5.75 Å². The van der Waals surface area contributed by atoms with E-state index in [9.17, 15) is 9.59 Å². The molecule has 2 amide bonds. The number of methoxy groups -OCH3 is 1. The van der Waals surface area contributed by atoms with Crippen LogP contribution in [0.1, 0.15) is 17.9 Å². The Morgan fingerprint density at radius 3 is 2.89 bits per heavy atom. The van der Waals surface area contributed by atoms with Crippen LogP contribution in [0.2, 0.25) is 5.02 Å². The molecule has 0 saturated heterocycles. The number of aromatic nitrogens is 2. The molecule has 11 nitrogen and oxygen atoms in total. The van der Waals surface area contributed by atoms with Crippen molar-refractivity contribution in [1.82, 2.24) is 20.2 Å². The van der Waals surface area contributed by atoms with Crippen molar-refractivity contribution >= 4 is 47.0 Å². The van der Waals surface area contributed by atoms with E-state index in [0.717, 1.165) is 0 Å². The van der Waals surface area contributed by atoms with Gasteiger partial charge >= 0.3 is 0 Å². The van der Waals surface area contributed by atoms with Crippen molar-refractivity contribution in [2.24, 2.45) is 4.99 Å². The van der Waals surface area contributed by atoms with Gasteiger partial charge in [-0.05, 0) is 18.6 Å². The Labute approximate surface area is 208 Å². The molecule has 0 fully saturated rings. The van der Waals surface area contributed by atoms with Crippen molar-refractivity contribution < 1.29 is 19.1 Å². The maximum Gasteiger partial charge on any atom is 0.238 e. The quantitative estimate of drug-likeness (QED) is 0.580. The molecular weight excluding hydrogens is 474 g/mol. The summed E-state index contributed by atoms with van der Waals surface area (Å²) in [5.74, 6) is 0.453. The summed E-state index contributed by atoms with van der Waals surface area (Å²) < 4.78 is 11.1. The summed E-state index contributed by atoms with van der Waals surface area (Å²) in [6.07, 6.45) is 3.64. The molecule has 1 unspecified atom stereocenters. The average molecular weight is 502 g/mol. The Bertz CT molecular complexity index is 1100. The monoisotopic (exact) mass is 501 g/mol. The number of halogens is 1. The van der Waals surface area contributed by atoms with Crippen molar-refractivity contribution in [2.45, 2.75) is 12.3 Å². The van der Waals surface area contributed by atoms with Crippen LogP contribution in [0.25, 0.3) is 0 Å². The third kappa shape index (κ3) is 6.44. The summed E-state index contributed by atoms with van der Waals surface area (Å²) in [6.45, 7) is 3.30. The van der Waals surface area contributed by atoms with Crippen LogP contribution in [0.15, 0.2) is 29.5 Å². The number of carbonyl (C=O) groups is 2. The molecular formula is C23H28ClN7O4. The van der Waals surface area contributed by atoms with Crippen LogP contribution in [0.5, 0.6) is 5.75 Å². The van der Waals surface area contributed by atoms with Gasteiger partial charge in [-0.25, -0.2) is 9.97 Å². The first-order valence-electron chi connectivity index (χ1n) is 11.4. The lowest BCUT2D eigenvalue weighted by atomic mass is 10.0. The number of aliphatic imine (C=N–C) groups is 1. The molecule has 2 aromatic rings. The van der Waals surface area contributed by atoms with Gasteiger partial charge < -0.3 is 25.4 Å². The van der Waals surface area contributed by atoms with Gasteiger partial charge in [0.05, 0.1) is 36.0 Å². The van der Waals surface area contributed by atoms with Crippen LogP contribution in [-0.2, 0) is 14.3 Å². The van der Waals surface area contributed by atoms with E-state index in [4.69, 9.17) is 21.1 Å². The molecule has 2 aliphatic heterocycles. The summed E-state index contributed by atoms with van der Waals surface area (Å²) in [6, 6.07) is 5.20. The van der Waals surface area contributed by atoms with Gasteiger partial charge in [0.25, 0.3) is 0 Å². The number of carbonyl (C=O) groups excluding carboxylic acids is 2. The van der Waals surface area contributed by atoms with Crippen LogP contribution in [-0.4, -0.2) is 85.9 Å². The molecule has 0 radical (unpaired) electrons. The molecule has 0 spiro atoms. The first-order valence-corrected chi connectivity index (χ1v) is 11.8. The molecule has 2 bridgehead atoms. The second-order valence-electron chi connectivity index (χ2n) is 8.09. The smallest absolute Gasteiger partial charge is 0.238 e. The van der Waals surface area contributed by atoms with Gasteiger partial charge in [0, 0.05) is 45.6 Å². The van der Waals surface area contributed by atoms with E-state index in [-0.39, 0.29) is 18.4 Å². The first kappa shape index (κ1) is 24.8. The summed E-state index contributed by atoms with van der Waals surface area (Å²) >= 11 is 6.31. The van der Waals surface area contributed by atoms with Crippen LogP contribution in [0.4, 0.5) is 17.3 Å². The highest BCUT2D eigenvalue weighted by atomic mass is 35.5. The van der Waals surface area contributed by atoms with Gasteiger partial charge in [-0.1, -0.05) is 11.6 Å². The highest BCUT2D eigenvalue weighted by molar-refractivity contribution is 6.32. The number of hydrogen-bond acceptors (Lipinski definition) is 9. The molecule has 1 aromatic heterocycles. The number of benzene rings is 1. The Morgan fingerprint density at radius 1 is 1.20 bits per heavy atom. The zero-order valence-electron chi connectivity index (χ0n) is 19.4. The largest absolute Gasteiger partial charge is 0.492 e. The molecule has 0 aliphatic carbocycles.